The lowest BCUT2D eigenvalue weighted by molar-refractivity contribution is -0.132. The number of carbonyl (C=O) groups excluding carboxylic acids is 2. The number of ether oxygens (including phenoxy) is 1. The van der Waals surface area contributed by atoms with Crippen molar-refractivity contribution in [2.75, 3.05) is 12.0 Å². The number of rotatable bonds is 4. The van der Waals surface area contributed by atoms with Gasteiger partial charge in [0.2, 0.25) is 0 Å². The second-order valence-corrected chi connectivity index (χ2v) is 9.49. The molecule has 9 heteroatoms. The normalized spacial score (nSPS) is 17.5. The van der Waals surface area contributed by atoms with E-state index in [9.17, 15) is 19.1 Å². The number of amides is 1. The van der Waals surface area contributed by atoms with Crippen molar-refractivity contribution in [3.63, 3.8) is 0 Å². The number of aromatic nitrogens is 1. The predicted octanol–water partition coefficient (Wildman–Crippen LogP) is 5.83. The van der Waals surface area contributed by atoms with Crippen LogP contribution >= 0.6 is 27.3 Å². The number of fused-ring (bicyclic) bond motifs is 1. The van der Waals surface area contributed by atoms with Crippen molar-refractivity contribution in [2.45, 2.75) is 6.04 Å². The Hall–Kier alpha value is -3.56. The van der Waals surface area contributed by atoms with E-state index in [-0.39, 0.29) is 16.5 Å². The molecule has 1 fully saturated rings. The van der Waals surface area contributed by atoms with Crippen LogP contribution in [0.4, 0.5) is 9.52 Å². The summed E-state index contributed by atoms with van der Waals surface area (Å²) in [5, 5.41) is 11.4. The molecule has 0 bridgehead atoms. The molecule has 1 saturated heterocycles. The quantitative estimate of drug-likeness (QED) is 0.201. The van der Waals surface area contributed by atoms with Crippen LogP contribution in [0.15, 0.2) is 76.8 Å². The number of ketones is 1. The molecule has 1 aliphatic heterocycles. The number of hydrogen-bond donors (Lipinski definition) is 1. The van der Waals surface area contributed by atoms with E-state index in [1.165, 1.54) is 30.2 Å². The fourth-order valence-corrected chi connectivity index (χ4v) is 5.19. The molecular weight excluding hydrogens is 523 g/mol. The maximum atomic E-state index is 13.8. The minimum Gasteiger partial charge on any atom is -0.507 e. The highest BCUT2D eigenvalue weighted by Gasteiger charge is 2.48. The van der Waals surface area contributed by atoms with Crippen molar-refractivity contribution >= 4 is 60.1 Å². The van der Waals surface area contributed by atoms with Gasteiger partial charge in [0.25, 0.3) is 5.78 Å². The first kappa shape index (κ1) is 22.2. The Kier molecular flexibility index (Phi) is 5.66. The van der Waals surface area contributed by atoms with Gasteiger partial charge in [0.05, 0.1) is 28.9 Å². The number of Topliss-reactive ketones (excluding diaryl/α,β-unsaturated/α-hetero) is 1. The first-order chi connectivity index (χ1) is 16.4. The average Bonchev–Trinajstić information content (AvgIpc) is 3.37. The number of halogens is 2. The lowest BCUT2D eigenvalue weighted by Gasteiger charge is -2.23. The Morgan fingerprint density at radius 2 is 1.88 bits per heavy atom. The lowest BCUT2D eigenvalue weighted by atomic mass is 9.95. The monoisotopic (exact) mass is 538 g/mol. The van der Waals surface area contributed by atoms with E-state index in [2.05, 4.69) is 20.9 Å². The Balaban J connectivity index is 1.74. The zero-order chi connectivity index (χ0) is 24.0. The van der Waals surface area contributed by atoms with Gasteiger partial charge in [0.15, 0.2) is 5.13 Å². The summed E-state index contributed by atoms with van der Waals surface area (Å²) in [6, 6.07) is 16.9. The zero-order valence-corrected chi connectivity index (χ0v) is 20.1. The summed E-state index contributed by atoms with van der Waals surface area (Å²) in [7, 11) is 1.51. The Morgan fingerprint density at radius 3 is 2.62 bits per heavy atom. The number of aliphatic hydroxyl groups is 1. The first-order valence-electron chi connectivity index (χ1n) is 10.1. The van der Waals surface area contributed by atoms with Gasteiger partial charge in [-0.15, -0.1) is 0 Å². The highest BCUT2D eigenvalue weighted by Crippen LogP contribution is 2.44. The fraction of sp³-hybridized carbons (Fsp3) is 0.0800. The number of hydrogen-bond acceptors (Lipinski definition) is 6. The van der Waals surface area contributed by atoms with Crippen LogP contribution in [-0.4, -0.2) is 28.9 Å². The number of carbonyl (C=O) groups is 2. The van der Waals surface area contributed by atoms with Gasteiger partial charge in [-0.25, -0.2) is 9.37 Å². The van der Waals surface area contributed by atoms with Gasteiger partial charge in [0, 0.05) is 10.0 Å². The van der Waals surface area contributed by atoms with Gasteiger partial charge >= 0.3 is 5.91 Å². The molecule has 0 saturated carbocycles. The number of methoxy groups -OCH3 is 1. The summed E-state index contributed by atoms with van der Waals surface area (Å²) in [6.45, 7) is 0. The van der Waals surface area contributed by atoms with Crippen LogP contribution in [0, 0.1) is 5.82 Å². The third-order valence-corrected chi connectivity index (χ3v) is 7.06. The van der Waals surface area contributed by atoms with Gasteiger partial charge in [-0.2, -0.15) is 0 Å². The maximum Gasteiger partial charge on any atom is 0.301 e. The summed E-state index contributed by atoms with van der Waals surface area (Å²) in [4.78, 5) is 32.3. The largest absolute Gasteiger partial charge is 0.507 e. The molecule has 34 heavy (non-hydrogen) atoms. The van der Waals surface area contributed by atoms with Crippen molar-refractivity contribution in [3.05, 3.63) is 93.7 Å². The molecule has 1 aromatic heterocycles. The third kappa shape index (κ3) is 3.76. The van der Waals surface area contributed by atoms with Crippen LogP contribution < -0.4 is 9.64 Å². The number of thiazole rings is 1. The molecule has 0 spiro atoms. The molecule has 1 atom stereocenters. The van der Waals surface area contributed by atoms with E-state index in [1.807, 2.05) is 0 Å². The lowest BCUT2D eigenvalue weighted by Crippen LogP contribution is -2.29. The molecule has 1 aliphatic rings. The van der Waals surface area contributed by atoms with Crippen molar-refractivity contribution in [3.8, 4) is 5.75 Å². The average molecular weight is 539 g/mol. The van der Waals surface area contributed by atoms with Gasteiger partial charge < -0.3 is 9.84 Å². The molecule has 170 valence electrons. The van der Waals surface area contributed by atoms with Crippen LogP contribution in [0.2, 0.25) is 0 Å². The van der Waals surface area contributed by atoms with Gasteiger partial charge in [-0.1, -0.05) is 51.5 Å². The van der Waals surface area contributed by atoms with Crippen LogP contribution in [0.5, 0.6) is 5.75 Å². The van der Waals surface area contributed by atoms with Crippen molar-refractivity contribution in [2.24, 2.45) is 0 Å². The summed E-state index contributed by atoms with van der Waals surface area (Å²) in [5.74, 6) is -1.86. The zero-order valence-electron chi connectivity index (χ0n) is 17.7. The van der Waals surface area contributed by atoms with E-state index in [0.29, 0.717) is 27.1 Å². The van der Waals surface area contributed by atoms with Crippen molar-refractivity contribution < 1.29 is 23.8 Å². The molecular formula is C25H16BrFN2O4S. The number of anilines is 1. The minimum atomic E-state index is -0.954. The number of nitrogens with zero attached hydrogens (tertiary/aromatic N) is 2. The van der Waals surface area contributed by atoms with E-state index < -0.39 is 23.5 Å². The van der Waals surface area contributed by atoms with Crippen LogP contribution in [0.3, 0.4) is 0 Å². The molecule has 0 aliphatic carbocycles. The third-order valence-electron chi connectivity index (χ3n) is 5.52. The van der Waals surface area contributed by atoms with Crippen LogP contribution in [0.1, 0.15) is 17.2 Å². The van der Waals surface area contributed by atoms with Crippen LogP contribution in [-0.2, 0) is 9.59 Å². The molecule has 6 nitrogen and oxygen atoms in total. The SMILES string of the molecule is COc1cccc(C2/C(=C(\O)c3ccc(Br)cc3)C(=O)C(=O)N2c2nc3ccc(F)cc3s2)c1. The molecule has 4 aromatic rings. The maximum absolute atomic E-state index is 13.8. The summed E-state index contributed by atoms with van der Waals surface area (Å²) in [5.41, 5.74) is 1.38. The van der Waals surface area contributed by atoms with E-state index in [4.69, 9.17) is 4.74 Å². The van der Waals surface area contributed by atoms with Crippen molar-refractivity contribution in [1.29, 1.82) is 0 Å². The first-order valence-corrected chi connectivity index (χ1v) is 11.8. The Bertz CT molecular complexity index is 1480. The summed E-state index contributed by atoms with van der Waals surface area (Å²) < 4.78 is 20.4. The highest BCUT2D eigenvalue weighted by molar-refractivity contribution is 9.10. The molecule has 3 aromatic carbocycles. The standard InChI is InChI=1S/C25H16BrFN2O4S/c1-33-17-4-2-3-14(11-17)21-20(22(30)13-5-7-15(26)8-6-13)23(31)24(32)29(21)25-28-18-10-9-16(27)12-19(18)34-25/h2-12,21,30H,1H3/b22-20+. The smallest absolute Gasteiger partial charge is 0.301 e. The fourth-order valence-electron chi connectivity index (χ4n) is 3.91. The summed E-state index contributed by atoms with van der Waals surface area (Å²) >= 11 is 4.45. The number of benzene rings is 3. The van der Waals surface area contributed by atoms with E-state index in [0.717, 1.165) is 15.8 Å². The Labute approximate surface area is 206 Å². The second kappa shape index (κ2) is 8.66. The van der Waals surface area contributed by atoms with E-state index in [1.54, 1.807) is 48.5 Å². The van der Waals surface area contributed by atoms with Gasteiger partial charge in [-0.05, 0) is 48.0 Å². The molecule has 2 heterocycles. The topological polar surface area (TPSA) is 79.7 Å². The molecule has 1 unspecified atom stereocenters. The summed E-state index contributed by atoms with van der Waals surface area (Å²) in [6.07, 6.45) is 0. The second-order valence-electron chi connectivity index (χ2n) is 7.56. The Morgan fingerprint density at radius 1 is 1.12 bits per heavy atom. The van der Waals surface area contributed by atoms with E-state index >= 15 is 0 Å². The molecule has 1 N–H and O–H groups in total. The minimum absolute atomic E-state index is 0.0639. The predicted molar refractivity (Wildman–Crippen MR) is 131 cm³/mol. The number of aliphatic hydroxyl groups excluding tert-OH is 1. The highest BCUT2D eigenvalue weighted by atomic mass is 79.9. The van der Waals surface area contributed by atoms with Gasteiger partial charge in [0.1, 0.15) is 17.3 Å². The van der Waals surface area contributed by atoms with Crippen molar-refractivity contribution in [1.82, 2.24) is 4.98 Å². The molecule has 5 rings (SSSR count). The molecule has 0 radical (unpaired) electrons. The molecule has 1 amide bonds. The van der Waals surface area contributed by atoms with Crippen LogP contribution in [0.25, 0.3) is 16.0 Å². The van der Waals surface area contributed by atoms with Gasteiger partial charge in [-0.3, -0.25) is 14.5 Å².